The van der Waals surface area contributed by atoms with Gasteiger partial charge in [-0.15, -0.1) is 0 Å². The lowest BCUT2D eigenvalue weighted by Gasteiger charge is -2.46. The summed E-state index contributed by atoms with van der Waals surface area (Å²) in [5, 5.41) is 3.26. The SMILES string of the molecule is COC1(c2ccccc2)Nc2c(C)cccc2C(=O)C1(Cl)Cl. The van der Waals surface area contributed by atoms with E-state index in [0.717, 1.165) is 5.56 Å². The predicted molar refractivity (Wildman–Crippen MR) is 88.7 cm³/mol. The van der Waals surface area contributed by atoms with Crippen LogP contribution in [0.2, 0.25) is 0 Å². The second-order valence-corrected chi connectivity index (χ2v) is 6.60. The van der Waals surface area contributed by atoms with Crippen LogP contribution in [0, 0.1) is 6.92 Å². The number of hydrogen-bond donors (Lipinski definition) is 1. The number of alkyl halides is 2. The molecular weight excluding hydrogens is 321 g/mol. The minimum Gasteiger partial charge on any atom is -0.352 e. The second kappa shape index (κ2) is 5.27. The molecule has 0 aliphatic carbocycles. The van der Waals surface area contributed by atoms with Gasteiger partial charge in [-0.05, 0) is 18.6 Å². The molecule has 0 fully saturated rings. The number of para-hydroxylation sites is 1. The number of fused-ring (bicyclic) bond motifs is 1. The first-order chi connectivity index (χ1) is 10.4. The van der Waals surface area contributed by atoms with E-state index in [4.69, 9.17) is 27.9 Å². The lowest BCUT2D eigenvalue weighted by atomic mass is 9.86. The van der Waals surface area contributed by atoms with E-state index in [1.807, 2.05) is 43.3 Å². The zero-order valence-electron chi connectivity index (χ0n) is 12.2. The van der Waals surface area contributed by atoms with Crippen molar-refractivity contribution in [3.8, 4) is 0 Å². The van der Waals surface area contributed by atoms with Crippen LogP contribution in [0.3, 0.4) is 0 Å². The summed E-state index contributed by atoms with van der Waals surface area (Å²) in [6.07, 6.45) is 0. The Morgan fingerprint density at radius 2 is 1.73 bits per heavy atom. The molecule has 2 aromatic rings. The second-order valence-electron chi connectivity index (χ2n) is 5.28. The van der Waals surface area contributed by atoms with Crippen molar-refractivity contribution in [2.75, 3.05) is 12.4 Å². The standard InChI is InChI=1S/C17H15Cl2NO2/c1-11-7-6-10-13-14(11)20-17(22-2,16(18,19)15(13)21)12-8-4-3-5-9-12/h3-10,20H,1-2H3. The third-order valence-corrected chi connectivity index (χ3v) is 4.91. The summed E-state index contributed by atoms with van der Waals surface area (Å²) in [5.41, 5.74) is 1.41. The number of hydrogen-bond acceptors (Lipinski definition) is 3. The number of methoxy groups -OCH3 is 1. The largest absolute Gasteiger partial charge is 0.352 e. The third kappa shape index (κ3) is 1.97. The number of ether oxygens (including phenoxy) is 1. The van der Waals surface area contributed by atoms with Gasteiger partial charge in [-0.25, -0.2) is 0 Å². The molecule has 1 heterocycles. The van der Waals surface area contributed by atoms with Crippen LogP contribution in [0.25, 0.3) is 0 Å². The van der Waals surface area contributed by atoms with E-state index < -0.39 is 10.1 Å². The Kier molecular flexibility index (Phi) is 3.68. The summed E-state index contributed by atoms with van der Waals surface area (Å²) in [6, 6.07) is 14.7. The maximum absolute atomic E-state index is 12.9. The molecule has 0 saturated carbocycles. The summed E-state index contributed by atoms with van der Waals surface area (Å²) in [5.74, 6) is -0.376. The van der Waals surface area contributed by atoms with Crippen LogP contribution in [0.15, 0.2) is 48.5 Å². The van der Waals surface area contributed by atoms with Crippen molar-refractivity contribution >= 4 is 34.7 Å². The van der Waals surface area contributed by atoms with Gasteiger partial charge in [0, 0.05) is 18.2 Å². The van der Waals surface area contributed by atoms with Crippen LogP contribution < -0.4 is 5.32 Å². The fourth-order valence-corrected chi connectivity index (χ4v) is 3.50. The summed E-state index contributed by atoms with van der Waals surface area (Å²) in [6.45, 7) is 1.92. The van der Waals surface area contributed by atoms with Gasteiger partial charge in [0.25, 0.3) is 0 Å². The number of anilines is 1. The Bertz CT molecular complexity index is 731. The van der Waals surface area contributed by atoms with Crippen molar-refractivity contribution in [1.82, 2.24) is 0 Å². The lowest BCUT2D eigenvalue weighted by Crippen LogP contribution is -2.58. The summed E-state index contributed by atoms with van der Waals surface area (Å²) in [4.78, 5) is 12.9. The fraction of sp³-hybridized carbons (Fsp3) is 0.235. The quantitative estimate of drug-likeness (QED) is 0.832. The van der Waals surface area contributed by atoms with Crippen LogP contribution >= 0.6 is 23.2 Å². The van der Waals surface area contributed by atoms with Crippen LogP contribution in [0.1, 0.15) is 21.5 Å². The van der Waals surface area contributed by atoms with Crippen LogP contribution in [0.5, 0.6) is 0 Å². The average Bonchev–Trinajstić information content (AvgIpc) is 2.52. The molecule has 1 atom stereocenters. The number of benzene rings is 2. The normalized spacial score (nSPS) is 22.8. The van der Waals surface area contributed by atoms with E-state index in [1.165, 1.54) is 7.11 Å². The first-order valence-electron chi connectivity index (χ1n) is 6.85. The van der Waals surface area contributed by atoms with Gasteiger partial charge in [-0.2, -0.15) is 0 Å². The van der Waals surface area contributed by atoms with E-state index in [-0.39, 0.29) is 5.78 Å². The maximum Gasteiger partial charge on any atom is 0.231 e. The molecule has 0 aromatic heterocycles. The van der Waals surface area contributed by atoms with Gasteiger partial charge in [0.15, 0.2) is 0 Å². The van der Waals surface area contributed by atoms with E-state index in [2.05, 4.69) is 5.32 Å². The highest BCUT2D eigenvalue weighted by atomic mass is 35.5. The highest BCUT2D eigenvalue weighted by Gasteiger charge is 2.60. The zero-order chi connectivity index (χ0) is 16.0. The van der Waals surface area contributed by atoms with Crippen molar-refractivity contribution < 1.29 is 9.53 Å². The van der Waals surface area contributed by atoms with Crippen molar-refractivity contribution in [3.63, 3.8) is 0 Å². The summed E-state index contributed by atoms with van der Waals surface area (Å²) < 4.78 is 3.88. The number of carbonyl (C=O) groups is 1. The van der Waals surface area contributed by atoms with Gasteiger partial charge in [0.05, 0.1) is 5.69 Å². The maximum atomic E-state index is 12.9. The number of rotatable bonds is 2. The molecule has 1 N–H and O–H groups in total. The summed E-state index contributed by atoms with van der Waals surface area (Å²) >= 11 is 13.0. The molecular formula is C17H15Cl2NO2. The molecule has 22 heavy (non-hydrogen) atoms. The van der Waals surface area contributed by atoms with Gasteiger partial charge >= 0.3 is 0 Å². The predicted octanol–water partition coefficient (Wildman–Crippen LogP) is 4.28. The highest BCUT2D eigenvalue weighted by molar-refractivity contribution is 6.61. The number of nitrogens with one attached hydrogen (secondary N) is 1. The molecule has 3 nitrogen and oxygen atoms in total. The molecule has 0 saturated heterocycles. The van der Waals surface area contributed by atoms with Gasteiger partial charge in [0.2, 0.25) is 15.8 Å². The number of Topliss-reactive ketones (excluding diaryl/α,β-unsaturated/α-hetero) is 1. The minimum atomic E-state index is -1.79. The van der Waals surface area contributed by atoms with Gasteiger partial charge in [0.1, 0.15) is 0 Å². The number of aryl methyl sites for hydroxylation is 1. The number of halogens is 2. The zero-order valence-corrected chi connectivity index (χ0v) is 13.7. The van der Waals surface area contributed by atoms with E-state index >= 15 is 0 Å². The van der Waals surface area contributed by atoms with Gasteiger partial charge in [-0.1, -0.05) is 65.7 Å². The Hall–Kier alpha value is -1.55. The minimum absolute atomic E-state index is 0.376. The molecule has 0 bridgehead atoms. The van der Waals surface area contributed by atoms with Gasteiger partial charge in [-0.3, -0.25) is 4.79 Å². The van der Waals surface area contributed by atoms with E-state index in [0.29, 0.717) is 16.8 Å². The number of ketones is 1. The Morgan fingerprint density at radius 1 is 1.05 bits per heavy atom. The molecule has 0 amide bonds. The molecule has 3 rings (SSSR count). The Labute approximate surface area is 139 Å². The summed E-state index contributed by atoms with van der Waals surface area (Å²) in [7, 11) is 1.48. The average molecular weight is 336 g/mol. The molecule has 0 radical (unpaired) electrons. The Balaban J connectivity index is 2.28. The lowest BCUT2D eigenvalue weighted by molar-refractivity contribution is -0.00299. The molecule has 1 unspecified atom stereocenters. The molecule has 5 heteroatoms. The molecule has 1 aliphatic rings. The third-order valence-electron chi connectivity index (χ3n) is 4.03. The molecule has 1 aliphatic heterocycles. The molecule has 114 valence electrons. The van der Waals surface area contributed by atoms with Crippen molar-refractivity contribution in [3.05, 3.63) is 65.2 Å². The van der Waals surface area contributed by atoms with Crippen LogP contribution in [0.4, 0.5) is 5.69 Å². The first-order valence-corrected chi connectivity index (χ1v) is 7.61. The topological polar surface area (TPSA) is 38.3 Å². The monoisotopic (exact) mass is 335 g/mol. The van der Waals surface area contributed by atoms with Crippen molar-refractivity contribution in [2.45, 2.75) is 17.0 Å². The van der Waals surface area contributed by atoms with Gasteiger partial charge < -0.3 is 10.1 Å². The smallest absolute Gasteiger partial charge is 0.231 e. The Morgan fingerprint density at radius 3 is 2.36 bits per heavy atom. The fourth-order valence-electron chi connectivity index (χ4n) is 2.83. The van der Waals surface area contributed by atoms with Crippen molar-refractivity contribution in [1.29, 1.82) is 0 Å². The van der Waals surface area contributed by atoms with Crippen LogP contribution in [-0.2, 0) is 10.5 Å². The molecule has 2 aromatic carbocycles. The number of carbonyl (C=O) groups excluding carboxylic acids is 1. The van der Waals surface area contributed by atoms with E-state index in [1.54, 1.807) is 12.1 Å². The first kappa shape index (κ1) is 15.3. The van der Waals surface area contributed by atoms with Crippen molar-refractivity contribution in [2.24, 2.45) is 0 Å². The molecule has 0 spiro atoms. The highest BCUT2D eigenvalue weighted by Crippen LogP contribution is 2.51. The van der Waals surface area contributed by atoms with Crippen LogP contribution in [-0.4, -0.2) is 17.2 Å². The van der Waals surface area contributed by atoms with E-state index in [9.17, 15) is 4.79 Å².